The molecule has 1 nitrogen and oxygen atoms in total. The molecule has 1 heteroatoms. The lowest BCUT2D eigenvalue weighted by Crippen LogP contribution is -2.26. The molecule has 0 aliphatic rings. The van der Waals surface area contributed by atoms with E-state index in [0.29, 0.717) is 0 Å². The smallest absolute Gasteiger partial charge is 0.00205 e. The van der Waals surface area contributed by atoms with E-state index >= 15 is 0 Å². The molecule has 0 aliphatic carbocycles. The molecule has 1 rings (SSSR count). The Labute approximate surface area is 107 Å². The van der Waals surface area contributed by atoms with Crippen LogP contribution < -0.4 is 5.32 Å². The molecule has 0 fully saturated rings. The summed E-state index contributed by atoms with van der Waals surface area (Å²) >= 11 is 0. The molecule has 1 aromatic rings. The van der Waals surface area contributed by atoms with Crippen molar-refractivity contribution >= 4 is 0 Å². The van der Waals surface area contributed by atoms with Crippen LogP contribution >= 0.6 is 0 Å². The van der Waals surface area contributed by atoms with Gasteiger partial charge in [-0.2, -0.15) is 0 Å². The van der Waals surface area contributed by atoms with E-state index in [9.17, 15) is 0 Å². The lowest BCUT2D eigenvalue weighted by molar-refractivity contribution is 0.365. The Morgan fingerprint density at radius 1 is 1.06 bits per heavy atom. The Hall–Kier alpha value is -0.820. The third kappa shape index (κ3) is 5.36. The molecular weight excluding hydrogens is 206 g/mol. The molecule has 0 spiro atoms. The summed E-state index contributed by atoms with van der Waals surface area (Å²) in [4.78, 5) is 0. The van der Waals surface area contributed by atoms with Crippen molar-refractivity contribution in [2.24, 2.45) is 11.8 Å². The van der Waals surface area contributed by atoms with Crippen molar-refractivity contribution in [3.63, 3.8) is 0 Å². The van der Waals surface area contributed by atoms with Crippen LogP contribution in [0.5, 0.6) is 0 Å². The molecule has 0 bridgehead atoms. The zero-order chi connectivity index (χ0) is 12.7. The van der Waals surface area contributed by atoms with Gasteiger partial charge >= 0.3 is 0 Å². The highest BCUT2D eigenvalue weighted by atomic mass is 14.8. The summed E-state index contributed by atoms with van der Waals surface area (Å²) in [5, 5.41) is 3.51. The summed E-state index contributed by atoms with van der Waals surface area (Å²) < 4.78 is 0. The quantitative estimate of drug-likeness (QED) is 0.706. The molecule has 2 atom stereocenters. The molecule has 2 unspecified atom stereocenters. The second-order valence-electron chi connectivity index (χ2n) is 5.35. The van der Waals surface area contributed by atoms with Crippen molar-refractivity contribution in [3.05, 3.63) is 35.4 Å². The van der Waals surface area contributed by atoms with Crippen molar-refractivity contribution in [2.45, 2.75) is 40.5 Å². The van der Waals surface area contributed by atoms with E-state index in [1.807, 2.05) is 0 Å². The Morgan fingerprint density at radius 2 is 1.71 bits per heavy atom. The minimum Gasteiger partial charge on any atom is -0.316 e. The van der Waals surface area contributed by atoms with E-state index in [-0.39, 0.29) is 0 Å². The predicted molar refractivity (Wildman–Crippen MR) is 76.4 cm³/mol. The highest BCUT2D eigenvalue weighted by Crippen LogP contribution is 2.17. The first-order valence-corrected chi connectivity index (χ1v) is 6.89. The molecule has 1 aromatic carbocycles. The Bertz CT molecular complexity index is 302. The van der Waals surface area contributed by atoms with Gasteiger partial charge in [0.2, 0.25) is 0 Å². The van der Waals surface area contributed by atoms with Gasteiger partial charge in [-0.25, -0.2) is 0 Å². The summed E-state index contributed by atoms with van der Waals surface area (Å²) in [5.41, 5.74) is 2.81. The van der Waals surface area contributed by atoms with Crippen LogP contribution in [-0.4, -0.2) is 13.1 Å². The monoisotopic (exact) mass is 233 g/mol. The third-order valence-corrected chi connectivity index (χ3v) is 3.54. The number of hydrogen-bond donors (Lipinski definition) is 1. The van der Waals surface area contributed by atoms with Gasteiger partial charge in [0.15, 0.2) is 0 Å². The van der Waals surface area contributed by atoms with Crippen LogP contribution in [0, 0.1) is 18.8 Å². The molecule has 0 aliphatic heterocycles. The molecule has 0 saturated heterocycles. The first-order valence-electron chi connectivity index (χ1n) is 6.89. The van der Waals surface area contributed by atoms with Gasteiger partial charge in [-0.1, -0.05) is 50.6 Å². The molecule has 96 valence electrons. The van der Waals surface area contributed by atoms with E-state index in [1.54, 1.807) is 0 Å². The van der Waals surface area contributed by atoms with E-state index < -0.39 is 0 Å². The Morgan fingerprint density at radius 3 is 2.29 bits per heavy atom. The number of rotatable bonds is 7. The third-order valence-electron chi connectivity index (χ3n) is 3.54. The molecule has 17 heavy (non-hydrogen) atoms. The van der Waals surface area contributed by atoms with Gasteiger partial charge in [-0.05, 0) is 50.3 Å². The largest absolute Gasteiger partial charge is 0.316 e. The summed E-state index contributed by atoms with van der Waals surface area (Å²) in [7, 11) is 0. The minimum absolute atomic E-state index is 0.738. The minimum atomic E-state index is 0.738. The first kappa shape index (κ1) is 14.2. The van der Waals surface area contributed by atoms with Crippen LogP contribution in [-0.2, 0) is 6.42 Å². The summed E-state index contributed by atoms with van der Waals surface area (Å²) in [6.07, 6.45) is 2.41. The number of aryl methyl sites for hydroxylation is 1. The molecule has 0 amide bonds. The maximum Gasteiger partial charge on any atom is -0.00205 e. The van der Waals surface area contributed by atoms with E-state index in [4.69, 9.17) is 0 Å². The zero-order valence-electron chi connectivity index (χ0n) is 11.8. The average Bonchev–Trinajstić information content (AvgIpc) is 2.32. The fraction of sp³-hybridized carbons (Fsp3) is 0.625. The molecule has 0 saturated carbocycles. The van der Waals surface area contributed by atoms with Gasteiger partial charge in [0.25, 0.3) is 0 Å². The van der Waals surface area contributed by atoms with Crippen LogP contribution in [0.1, 0.15) is 38.3 Å². The molecule has 0 aromatic heterocycles. The first-order chi connectivity index (χ1) is 8.13. The van der Waals surface area contributed by atoms with Crippen molar-refractivity contribution < 1.29 is 0 Å². The second-order valence-corrected chi connectivity index (χ2v) is 5.35. The van der Waals surface area contributed by atoms with Crippen molar-refractivity contribution in [3.8, 4) is 0 Å². The fourth-order valence-electron chi connectivity index (χ4n) is 2.00. The lowest BCUT2D eigenvalue weighted by atomic mass is 9.89. The fourth-order valence-corrected chi connectivity index (χ4v) is 2.00. The summed E-state index contributed by atoms with van der Waals surface area (Å²) in [6.45, 7) is 11.3. The Kier molecular flexibility index (Phi) is 6.28. The Balaban J connectivity index is 2.37. The molecule has 1 N–H and O–H groups in total. The van der Waals surface area contributed by atoms with Crippen LogP contribution in [0.15, 0.2) is 24.3 Å². The van der Waals surface area contributed by atoms with Crippen LogP contribution in [0.25, 0.3) is 0 Å². The predicted octanol–water partition coefficient (Wildman–Crippen LogP) is 3.81. The van der Waals surface area contributed by atoms with Gasteiger partial charge in [0.05, 0.1) is 0 Å². The normalized spacial score (nSPS) is 14.6. The zero-order valence-corrected chi connectivity index (χ0v) is 11.8. The molecular formula is C16H27N. The van der Waals surface area contributed by atoms with Crippen molar-refractivity contribution in [1.82, 2.24) is 5.32 Å². The van der Waals surface area contributed by atoms with Gasteiger partial charge in [0.1, 0.15) is 0 Å². The standard InChI is InChI=1S/C16H27N/c1-5-10-17-12-15(4)14(3)11-16-8-6-13(2)7-9-16/h6-9,14-15,17H,5,10-12H2,1-4H3. The maximum absolute atomic E-state index is 3.51. The summed E-state index contributed by atoms with van der Waals surface area (Å²) in [5.74, 6) is 1.48. The number of hydrogen-bond acceptors (Lipinski definition) is 1. The van der Waals surface area contributed by atoms with Gasteiger partial charge in [0, 0.05) is 0 Å². The van der Waals surface area contributed by atoms with Crippen LogP contribution in [0.2, 0.25) is 0 Å². The van der Waals surface area contributed by atoms with E-state index in [2.05, 4.69) is 57.3 Å². The van der Waals surface area contributed by atoms with Crippen molar-refractivity contribution in [1.29, 1.82) is 0 Å². The number of nitrogens with one attached hydrogen (secondary N) is 1. The summed E-state index contributed by atoms with van der Waals surface area (Å²) in [6, 6.07) is 8.94. The number of benzene rings is 1. The van der Waals surface area contributed by atoms with Gasteiger partial charge < -0.3 is 5.32 Å². The van der Waals surface area contributed by atoms with Gasteiger partial charge in [-0.3, -0.25) is 0 Å². The van der Waals surface area contributed by atoms with Gasteiger partial charge in [-0.15, -0.1) is 0 Å². The average molecular weight is 233 g/mol. The van der Waals surface area contributed by atoms with Crippen molar-refractivity contribution in [2.75, 3.05) is 13.1 Å². The second kappa shape index (κ2) is 7.50. The lowest BCUT2D eigenvalue weighted by Gasteiger charge is -2.20. The maximum atomic E-state index is 3.51. The van der Waals surface area contributed by atoms with Crippen LogP contribution in [0.3, 0.4) is 0 Å². The SMILES string of the molecule is CCCNCC(C)C(C)Cc1ccc(C)cc1. The molecule has 0 radical (unpaired) electrons. The van der Waals surface area contributed by atoms with Crippen LogP contribution in [0.4, 0.5) is 0 Å². The highest BCUT2D eigenvalue weighted by molar-refractivity contribution is 5.21. The van der Waals surface area contributed by atoms with E-state index in [1.165, 1.54) is 24.0 Å². The van der Waals surface area contributed by atoms with E-state index in [0.717, 1.165) is 24.9 Å². The topological polar surface area (TPSA) is 12.0 Å². The molecule has 0 heterocycles. The highest BCUT2D eigenvalue weighted by Gasteiger charge is 2.12.